The molecule has 1 aliphatic heterocycles. The molecule has 6 nitrogen and oxygen atoms in total. The van der Waals surface area contributed by atoms with Gasteiger partial charge in [0, 0.05) is 31.9 Å². The van der Waals surface area contributed by atoms with Crippen LogP contribution in [0.15, 0.2) is 53.4 Å². The molecule has 0 aliphatic carbocycles. The van der Waals surface area contributed by atoms with E-state index < -0.39 is 10.0 Å². The maximum absolute atomic E-state index is 13.1. The van der Waals surface area contributed by atoms with Crippen molar-refractivity contribution in [1.29, 1.82) is 0 Å². The third kappa shape index (κ3) is 6.02. The Labute approximate surface area is 199 Å². The normalized spacial score (nSPS) is 17.6. The fourth-order valence-electron chi connectivity index (χ4n) is 4.05. The first-order valence-electron chi connectivity index (χ1n) is 11.9. The summed E-state index contributed by atoms with van der Waals surface area (Å²) >= 11 is 0. The van der Waals surface area contributed by atoms with Gasteiger partial charge in [-0.3, -0.25) is 9.69 Å². The highest BCUT2D eigenvalue weighted by Crippen LogP contribution is 2.24. The number of sulfonamides is 1. The largest absolute Gasteiger partial charge is 0.325 e. The lowest BCUT2D eigenvalue weighted by atomic mass is 9.99. The number of benzene rings is 2. The lowest BCUT2D eigenvalue weighted by Gasteiger charge is -2.36. The Hall–Kier alpha value is -2.22. The van der Waals surface area contributed by atoms with Gasteiger partial charge in [0.05, 0.1) is 10.9 Å². The van der Waals surface area contributed by atoms with Gasteiger partial charge in [-0.15, -0.1) is 0 Å². The SMILES string of the molecule is CCC(C)c1ccc(S(=O)(=O)N2CCN(C(C)C(=O)Nc3ccc(C(C)C)cc3)CC2)cc1. The molecule has 1 heterocycles. The van der Waals surface area contributed by atoms with Gasteiger partial charge in [-0.1, -0.05) is 52.0 Å². The number of carbonyl (C=O) groups excluding carboxylic acids is 1. The summed E-state index contributed by atoms with van der Waals surface area (Å²) in [6.07, 6.45) is 1.02. The first-order chi connectivity index (χ1) is 15.6. The molecule has 2 atom stereocenters. The van der Waals surface area contributed by atoms with Crippen LogP contribution in [0.3, 0.4) is 0 Å². The van der Waals surface area contributed by atoms with E-state index in [1.54, 1.807) is 12.1 Å². The molecule has 2 unspecified atom stereocenters. The van der Waals surface area contributed by atoms with E-state index in [0.717, 1.165) is 17.7 Å². The van der Waals surface area contributed by atoms with Crippen LogP contribution in [0.2, 0.25) is 0 Å². The number of hydrogen-bond acceptors (Lipinski definition) is 4. The summed E-state index contributed by atoms with van der Waals surface area (Å²) < 4.78 is 27.7. The fourth-order valence-corrected chi connectivity index (χ4v) is 5.47. The Morgan fingerprint density at radius 3 is 1.94 bits per heavy atom. The van der Waals surface area contributed by atoms with E-state index in [1.807, 2.05) is 48.2 Å². The van der Waals surface area contributed by atoms with E-state index in [4.69, 9.17) is 0 Å². The van der Waals surface area contributed by atoms with Crippen molar-refractivity contribution in [2.45, 2.75) is 63.8 Å². The highest BCUT2D eigenvalue weighted by molar-refractivity contribution is 7.89. The Bertz CT molecular complexity index is 1030. The predicted molar refractivity (Wildman–Crippen MR) is 134 cm³/mol. The molecule has 0 bridgehead atoms. The maximum atomic E-state index is 13.1. The second-order valence-corrected chi connectivity index (χ2v) is 11.2. The van der Waals surface area contributed by atoms with Gasteiger partial charge in [-0.25, -0.2) is 8.42 Å². The number of carbonyl (C=O) groups is 1. The molecule has 0 radical (unpaired) electrons. The molecule has 1 fully saturated rings. The first-order valence-corrected chi connectivity index (χ1v) is 13.3. The van der Waals surface area contributed by atoms with E-state index >= 15 is 0 Å². The molecule has 1 N–H and O–H groups in total. The van der Waals surface area contributed by atoms with Crippen molar-refractivity contribution in [1.82, 2.24) is 9.21 Å². The number of nitrogens with zero attached hydrogens (tertiary/aromatic N) is 2. The summed E-state index contributed by atoms with van der Waals surface area (Å²) in [5, 5.41) is 2.98. The third-order valence-electron chi connectivity index (χ3n) is 6.74. The van der Waals surface area contributed by atoms with Crippen molar-refractivity contribution in [2.24, 2.45) is 0 Å². The Balaban J connectivity index is 1.57. The zero-order valence-electron chi connectivity index (χ0n) is 20.4. The van der Waals surface area contributed by atoms with Crippen molar-refractivity contribution in [2.75, 3.05) is 31.5 Å². The van der Waals surface area contributed by atoms with Crippen LogP contribution >= 0.6 is 0 Å². The molecule has 1 aliphatic rings. The van der Waals surface area contributed by atoms with Crippen LogP contribution in [0.4, 0.5) is 5.69 Å². The zero-order chi connectivity index (χ0) is 24.2. The average molecular weight is 472 g/mol. The summed E-state index contributed by atoms with van der Waals surface area (Å²) in [5.41, 5.74) is 3.16. The molecule has 33 heavy (non-hydrogen) atoms. The molecule has 7 heteroatoms. The van der Waals surface area contributed by atoms with Crippen LogP contribution in [0, 0.1) is 0 Å². The topological polar surface area (TPSA) is 69.7 Å². The lowest BCUT2D eigenvalue weighted by Crippen LogP contribution is -2.53. The lowest BCUT2D eigenvalue weighted by molar-refractivity contribution is -0.121. The van der Waals surface area contributed by atoms with Crippen molar-refractivity contribution < 1.29 is 13.2 Å². The molecule has 2 aromatic rings. The minimum absolute atomic E-state index is 0.0794. The molecule has 1 saturated heterocycles. The maximum Gasteiger partial charge on any atom is 0.243 e. The first kappa shape index (κ1) is 25.4. The minimum Gasteiger partial charge on any atom is -0.325 e. The summed E-state index contributed by atoms with van der Waals surface area (Å²) in [6, 6.07) is 14.8. The Morgan fingerprint density at radius 1 is 0.879 bits per heavy atom. The predicted octanol–water partition coefficient (Wildman–Crippen LogP) is 4.66. The average Bonchev–Trinajstić information content (AvgIpc) is 2.83. The van der Waals surface area contributed by atoms with Gasteiger partial charge in [0.15, 0.2) is 0 Å². The summed E-state index contributed by atoms with van der Waals surface area (Å²) in [4.78, 5) is 15.1. The second kappa shape index (κ2) is 10.8. The molecule has 1 amide bonds. The molecular weight excluding hydrogens is 434 g/mol. The molecule has 0 saturated carbocycles. The number of nitrogens with one attached hydrogen (secondary N) is 1. The quantitative estimate of drug-likeness (QED) is 0.608. The van der Waals surface area contributed by atoms with Crippen molar-refractivity contribution in [3.8, 4) is 0 Å². The van der Waals surface area contributed by atoms with Crippen LogP contribution in [0.1, 0.15) is 64.0 Å². The van der Waals surface area contributed by atoms with Gasteiger partial charge in [0.1, 0.15) is 0 Å². The van der Waals surface area contributed by atoms with E-state index in [1.165, 1.54) is 9.87 Å². The van der Waals surface area contributed by atoms with Gasteiger partial charge < -0.3 is 5.32 Å². The van der Waals surface area contributed by atoms with Crippen molar-refractivity contribution in [3.05, 3.63) is 59.7 Å². The molecular formula is C26H37N3O3S. The number of rotatable bonds is 8. The van der Waals surface area contributed by atoms with Gasteiger partial charge >= 0.3 is 0 Å². The van der Waals surface area contributed by atoms with Gasteiger partial charge in [0.2, 0.25) is 15.9 Å². The van der Waals surface area contributed by atoms with Gasteiger partial charge in [-0.2, -0.15) is 4.31 Å². The van der Waals surface area contributed by atoms with Gasteiger partial charge in [0.25, 0.3) is 0 Å². The van der Waals surface area contributed by atoms with Crippen LogP contribution in [0.25, 0.3) is 0 Å². The fraction of sp³-hybridized carbons (Fsp3) is 0.500. The zero-order valence-corrected chi connectivity index (χ0v) is 21.2. The molecule has 0 aromatic heterocycles. The summed E-state index contributed by atoms with van der Waals surface area (Å²) in [7, 11) is -3.53. The van der Waals surface area contributed by atoms with Crippen LogP contribution < -0.4 is 5.32 Å². The van der Waals surface area contributed by atoms with Gasteiger partial charge in [-0.05, 0) is 60.6 Å². The molecule has 0 spiro atoms. The molecule has 180 valence electrons. The summed E-state index contributed by atoms with van der Waals surface area (Å²) in [5.74, 6) is 0.773. The summed E-state index contributed by atoms with van der Waals surface area (Å²) in [6.45, 7) is 12.2. The van der Waals surface area contributed by atoms with Crippen molar-refractivity contribution in [3.63, 3.8) is 0 Å². The molecule has 3 rings (SSSR count). The van der Waals surface area contributed by atoms with Crippen LogP contribution in [-0.2, 0) is 14.8 Å². The monoisotopic (exact) mass is 471 g/mol. The number of amides is 1. The molecule has 2 aromatic carbocycles. The Morgan fingerprint density at radius 2 is 1.42 bits per heavy atom. The standard InChI is InChI=1S/C26H37N3O3S/c1-6-20(4)23-9-13-25(14-10-23)33(31,32)29-17-15-28(16-18-29)21(5)26(30)27-24-11-7-22(8-12-24)19(2)3/h7-14,19-21H,6,15-18H2,1-5H3,(H,27,30). The van der Waals surface area contributed by atoms with Crippen molar-refractivity contribution >= 4 is 21.6 Å². The highest BCUT2D eigenvalue weighted by Gasteiger charge is 2.31. The van der Waals surface area contributed by atoms with E-state index in [9.17, 15) is 13.2 Å². The van der Waals surface area contributed by atoms with E-state index in [0.29, 0.717) is 42.9 Å². The Kier molecular flexibility index (Phi) is 8.32. The minimum atomic E-state index is -3.53. The van der Waals surface area contributed by atoms with E-state index in [-0.39, 0.29) is 11.9 Å². The van der Waals surface area contributed by atoms with Crippen LogP contribution in [0.5, 0.6) is 0 Å². The van der Waals surface area contributed by atoms with Crippen LogP contribution in [-0.4, -0.2) is 55.8 Å². The third-order valence-corrected chi connectivity index (χ3v) is 8.66. The highest BCUT2D eigenvalue weighted by atomic mass is 32.2. The second-order valence-electron chi connectivity index (χ2n) is 9.26. The van der Waals surface area contributed by atoms with E-state index in [2.05, 4.69) is 33.0 Å². The number of piperazine rings is 1. The number of anilines is 1. The number of hydrogen-bond donors (Lipinski definition) is 1. The smallest absolute Gasteiger partial charge is 0.243 e.